The van der Waals surface area contributed by atoms with Gasteiger partial charge < -0.3 is 10.2 Å². The van der Waals surface area contributed by atoms with Gasteiger partial charge in [0.2, 0.25) is 0 Å². The van der Waals surface area contributed by atoms with Gasteiger partial charge in [0.15, 0.2) is 0 Å². The fourth-order valence-electron chi connectivity index (χ4n) is 3.58. The van der Waals surface area contributed by atoms with Crippen LogP contribution < -0.4 is 10.2 Å². The molecular weight excluding hydrogens is 294 g/mol. The van der Waals surface area contributed by atoms with Crippen molar-refractivity contribution in [3.63, 3.8) is 0 Å². The smallest absolute Gasteiger partial charge is 0.101 e. The van der Waals surface area contributed by atoms with E-state index in [1.807, 2.05) is 33.8 Å². The summed E-state index contributed by atoms with van der Waals surface area (Å²) in [5.74, 6) is 2.17. The molecule has 1 aromatic rings. The van der Waals surface area contributed by atoms with Crippen molar-refractivity contribution in [3.8, 4) is 6.07 Å². The number of hydrogen-bond donors (Lipinski definition) is 1. The topological polar surface area (TPSA) is 39.1 Å². The summed E-state index contributed by atoms with van der Waals surface area (Å²) in [5.41, 5.74) is 3.33. The molecule has 2 fully saturated rings. The second-order valence-electron chi connectivity index (χ2n) is 6.64. The number of benzene rings is 1. The van der Waals surface area contributed by atoms with E-state index >= 15 is 0 Å². The molecule has 2 heterocycles. The molecule has 0 amide bonds. The van der Waals surface area contributed by atoms with E-state index in [0.29, 0.717) is 5.92 Å². The van der Waals surface area contributed by atoms with Gasteiger partial charge in [0, 0.05) is 26.2 Å². The highest BCUT2D eigenvalue weighted by Crippen LogP contribution is 2.33. The van der Waals surface area contributed by atoms with Crippen LogP contribution in [0.1, 0.15) is 52.7 Å². The van der Waals surface area contributed by atoms with E-state index < -0.39 is 0 Å². The Bertz CT molecular complexity index is 518. The number of anilines is 1. The van der Waals surface area contributed by atoms with Crippen molar-refractivity contribution in [2.24, 2.45) is 17.8 Å². The van der Waals surface area contributed by atoms with Crippen molar-refractivity contribution in [2.75, 3.05) is 31.1 Å². The maximum Gasteiger partial charge on any atom is 0.101 e. The third kappa shape index (κ3) is 4.98. The standard InChI is InChI=1S/C17H23N3.2C2H6/c1-12(2)5-13-3-4-14(7-18)17(6-13)20-10-15-8-19-9-16(15)11-20;2*1-2/h3-4,6,12,15-16,19H,5,8-11H2,1-2H3;2*1-2H3. The molecule has 0 saturated carbocycles. The number of nitriles is 1. The van der Waals surface area contributed by atoms with Gasteiger partial charge in [-0.25, -0.2) is 0 Å². The van der Waals surface area contributed by atoms with Crippen LogP contribution in [0.15, 0.2) is 18.2 Å². The van der Waals surface area contributed by atoms with Gasteiger partial charge in [-0.1, -0.05) is 47.6 Å². The molecule has 2 aliphatic rings. The second-order valence-corrected chi connectivity index (χ2v) is 6.64. The van der Waals surface area contributed by atoms with Crippen LogP contribution in [0.3, 0.4) is 0 Å². The van der Waals surface area contributed by atoms with E-state index in [-0.39, 0.29) is 0 Å². The summed E-state index contributed by atoms with van der Waals surface area (Å²) in [5, 5.41) is 12.8. The van der Waals surface area contributed by atoms with Crippen LogP contribution in [0.2, 0.25) is 0 Å². The highest BCUT2D eigenvalue weighted by atomic mass is 15.2. The first-order chi connectivity index (χ1) is 11.7. The van der Waals surface area contributed by atoms with Crippen LogP contribution in [0.25, 0.3) is 0 Å². The fourth-order valence-corrected chi connectivity index (χ4v) is 3.58. The molecular formula is C21H35N3. The van der Waals surface area contributed by atoms with Crippen LogP contribution in [-0.4, -0.2) is 26.2 Å². The van der Waals surface area contributed by atoms with E-state index in [0.717, 1.165) is 55.7 Å². The molecule has 3 nitrogen and oxygen atoms in total. The number of rotatable bonds is 3. The molecule has 134 valence electrons. The number of nitrogens with zero attached hydrogens (tertiary/aromatic N) is 2. The third-order valence-corrected chi connectivity index (χ3v) is 4.56. The van der Waals surface area contributed by atoms with Crippen LogP contribution >= 0.6 is 0 Å². The maximum atomic E-state index is 9.37. The minimum atomic E-state index is 0.651. The van der Waals surface area contributed by atoms with Gasteiger partial charge in [0.05, 0.1) is 11.3 Å². The van der Waals surface area contributed by atoms with Crippen LogP contribution in [0.4, 0.5) is 5.69 Å². The van der Waals surface area contributed by atoms with Gasteiger partial charge in [-0.05, 0) is 41.9 Å². The lowest BCUT2D eigenvalue weighted by molar-refractivity contribution is 0.533. The summed E-state index contributed by atoms with van der Waals surface area (Å²) in [6.07, 6.45) is 1.08. The molecule has 3 heteroatoms. The minimum absolute atomic E-state index is 0.651. The molecule has 2 saturated heterocycles. The van der Waals surface area contributed by atoms with Gasteiger partial charge in [-0.2, -0.15) is 5.26 Å². The van der Waals surface area contributed by atoms with Crippen molar-refractivity contribution in [2.45, 2.75) is 48.0 Å². The molecule has 0 aromatic heterocycles. The first-order valence-electron chi connectivity index (χ1n) is 9.66. The van der Waals surface area contributed by atoms with Crippen LogP contribution in [0.5, 0.6) is 0 Å². The Morgan fingerprint density at radius 1 is 1.12 bits per heavy atom. The van der Waals surface area contributed by atoms with E-state index in [4.69, 9.17) is 0 Å². The number of hydrogen-bond acceptors (Lipinski definition) is 3. The average Bonchev–Trinajstić information content (AvgIpc) is 3.19. The second kappa shape index (κ2) is 10.4. The van der Waals surface area contributed by atoms with Crippen LogP contribution in [-0.2, 0) is 6.42 Å². The Balaban J connectivity index is 0.000000671. The SMILES string of the molecule is CC.CC.CC(C)Cc1ccc(C#N)c(N2CC3CNCC3C2)c1. The first kappa shape index (κ1) is 20.5. The van der Waals surface area contributed by atoms with Crippen LogP contribution in [0, 0.1) is 29.1 Å². The van der Waals surface area contributed by atoms with E-state index in [1.54, 1.807) is 0 Å². The summed E-state index contributed by atoms with van der Waals surface area (Å²) >= 11 is 0. The largest absolute Gasteiger partial charge is 0.370 e. The molecule has 0 aliphatic carbocycles. The summed E-state index contributed by atoms with van der Waals surface area (Å²) in [6.45, 7) is 16.9. The molecule has 1 N–H and O–H groups in total. The maximum absolute atomic E-state index is 9.37. The van der Waals surface area contributed by atoms with E-state index in [9.17, 15) is 5.26 Å². The molecule has 2 aliphatic heterocycles. The van der Waals surface area contributed by atoms with Crippen molar-refractivity contribution >= 4 is 5.69 Å². The lowest BCUT2D eigenvalue weighted by atomic mass is 10.0. The highest BCUT2D eigenvalue weighted by Gasteiger charge is 2.36. The van der Waals surface area contributed by atoms with Gasteiger partial charge in [0.25, 0.3) is 0 Å². The molecule has 0 radical (unpaired) electrons. The fraction of sp³-hybridized carbons (Fsp3) is 0.667. The molecule has 0 spiro atoms. The average molecular weight is 330 g/mol. The third-order valence-electron chi connectivity index (χ3n) is 4.56. The molecule has 3 rings (SSSR count). The quantitative estimate of drug-likeness (QED) is 0.889. The zero-order valence-corrected chi connectivity index (χ0v) is 16.4. The summed E-state index contributed by atoms with van der Waals surface area (Å²) < 4.78 is 0. The number of fused-ring (bicyclic) bond motifs is 1. The molecule has 24 heavy (non-hydrogen) atoms. The number of nitrogens with one attached hydrogen (secondary N) is 1. The van der Waals surface area contributed by atoms with Crippen molar-refractivity contribution in [1.29, 1.82) is 5.26 Å². The predicted octanol–water partition coefficient (Wildman–Crippen LogP) is 4.46. The lowest BCUT2D eigenvalue weighted by Crippen LogP contribution is -2.26. The Labute approximate surface area is 149 Å². The summed E-state index contributed by atoms with van der Waals surface area (Å²) in [7, 11) is 0. The van der Waals surface area contributed by atoms with Gasteiger partial charge in [0.1, 0.15) is 6.07 Å². The highest BCUT2D eigenvalue weighted by molar-refractivity contribution is 5.61. The molecule has 0 bridgehead atoms. The monoisotopic (exact) mass is 329 g/mol. The minimum Gasteiger partial charge on any atom is -0.370 e. The Morgan fingerprint density at radius 3 is 2.21 bits per heavy atom. The van der Waals surface area contributed by atoms with E-state index in [2.05, 4.69) is 42.3 Å². The summed E-state index contributed by atoms with van der Waals surface area (Å²) in [6, 6.07) is 8.72. The Kier molecular flexibility index (Phi) is 8.85. The van der Waals surface area contributed by atoms with Crippen molar-refractivity contribution in [1.82, 2.24) is 5.32 Å². The molecule has 1 aromatic carbocycles. The summed E-state index contributed by atoms with van der Waals surface area (Å²) in [4.78, 5) is 2.43. The van der Waals surface area contributed by atoms with Crippen molar-refractivity contribution in [3.05, 3.63) is 29.3 Å². The Morgan fingerprint density at radius 2 is 1.71 bits per heavy atom. The zero-order valence-electron chi connectivity index (χ0n) is 16.4. The molecule has 2 unspecified atom stereocenters. The first-order valence-corrected chi connectivity index (χ1v) is 9.66. The molecule has 2 atom stereocenters. The van der Waals surface area contributed by atoms with E-state index in [1.165, 1.54) is 5.56 Å². The predicted molar refractivity (Wildman–Crippen MR) is 104 cm³/mol. The Hall–Kier alpha value is -1.53. The lowest BCUT2D eigenvalue weighted by Gasteiger charge is -2.22. The van der Waals surface area contributed by atoms with Crippen molar-refractivity contribution < 1.29 is 0 Å². The zero-order chi connectivity index (χ0) is 18.1. The van der Waals surface area contributed by atoms with Gasteiger partial charge in [-0.15, -0.1) is 0 Å². The normalized spacial score (nSPS) is 21.3. The van der Waals surface area contributed by atoms with Gasteiger partial charge in [-0.3, -0.25) is 0 Å². The van der Waals surface area contributed by atoms with Gasteiger partial charge >= 0.3 is 0 Å².